The van der Waals surface area contributed by atoms with Crippen LogP contribution in [0.3, 0.4) is 0 Å². The Morgan fingerprint density at radius 1 is 1.16 bits per heavy atom. The minimum atomic E-state index is -0.394. The van der Waals surface area contributed by atoms with Crippen molar-refractivity contribution < 1.29 is 9.53 Å². The maximum Gasteiger partial charge on any atom is 0.329 e. The highest BCUT2D eigenvalue weighted by molar-refractivity contribution is 5.80. The lowest BCUT2D eigenvalue weighted by Crippen LogP contribution is -2.48. The standard InChI is InChI=1S/C13H22.C4H6O2/c1-9(2)13-6-10-3-11(7-13)5-12(4-10)8-13;1-3-4(5)6-2/h9-12H,3-8H2,1-2H3;3H,1H2,2H3. The van der Waals surface area contributed by atoms with E-state index in [0.717, 1.165) is 35.2 Å². The van der Waals surface area contributed by atoms with E-state index >= 15 is 0 Å². The number of carbonyl (C=O) groups excluding carboxylic acids is 1. The molecule has 0 N–H and O–H groups in total. The number of carbonyl (C=O) groups is 1. The number of esters is 1. The van der Waals surface area contributed by atoms with E-state index in [9.17, 15) is 4.79 Å². The lowest BCUT2D eigenvalue weighted by molar-refractivity contribution is -0.134. The average Bonchev–Trinajstić information content (AvgIpc) is 2.37. The Morgan fingerprint density at radius 3 is 1.79 bits per heavy atom. The van der Waals surface area contributed by atoms with E-state index in [1.165, 1.54) is 7.11 Å². The fourth-order valence-electron chi connectivity index (χ4n) is 4.97. The van der Waals surface area contributed by atoms with Crippen LogP contribution < -0.4 is 0 Å². The van der Waals surface area contributed by atoms with Gasteiger partial charge in [-0.3, -0.25) is 0 Å². The maximum absolute atomic E-state index is 9.84. The molecule has 0 amide bonds. The quantitative estimate of drug-likeness (QED) is 0.552. The summed E-state index contributed by atoms with van der Waals surface area (Å²) in [6, 6.07) is 0. The van der Waals surface area contributed by atoms with Crippen molar-refractivity contribution in [3.05, 3.63) is 12.7 Å². The largest absolute Gasteiger partial charge is 0.466 e. The molecule has 0 aromatic rings. The molecule has 4 bridgehead atoms. The first kappa shape index (κ1) is 14.6. The number of ether oxygens (including phenoxy) is 1. The molecule has 0 aliphatic heterocycles. The van der Waals surface area contributed by atoms with Crippen LogP contribution in [-0.4, -0.2) is 13.1 Å². The van der Waals surface area contributed by atoms with Gasteiger partial charge in [-0.15, -0.1) is 0 Å². The van der Waals surface area contributed by atoms with Crippen LogP contribution in [0.5, 0.6) is 0 Å². The fourth-order valence-corrected chi connectivity index (χ4v) is 4.97. The van der Waals surface area contributed by atoms with Crippen molar-refractivity contribution >= 4 is 5.97 Å². The van der Waals surface area contributed by atoms with E-state index in [1.807, 2.05) is 0 Å². The molecule has 4 aliphatic rings. The van der Waals surface area contributed by atoms with Gasteiger partial charge in [0, 0.05) is 6.08 Å². The lowest BCUT2D eigenvalue weighted by atomic mass is 9.47. The van der Waals surface area contributed by atoms with Crippen molar-refractivity contribution in [3.63, 3.8) is 0 Å². The Labute approximate surface area is 117 Å². The van der Waals surface area contributed by atoms with Gasteiger partial charge < -0.3 is 4.74 Å². The van der Waals surface area contributed by atoms with Crippen molar-refractivity contribution in [1.29, 1.82) is 0 Å². The highest BCUT2D eigenvalue weighted by atomic mass is 16.5. The van der Waals surface area contributed by atoms with Gasteiger partial charge in [-0.1, -0.05) is 20.4 Å². The van der Waals surface area contributed by atoms with Gasteiger partial charge in [0.2, 0.25) is 0 Å². The molecule has 108 valence electrons. The molecule has 0 radical (unpaired) electrons. The molecule has 0 atom stereocenters. The third kappa shape index (κ3) is 3.04. The Hall–Kier alpha value is -0.790. The van der Waals surface area contributed by atoms with E-state index < -0.39 is 5.97 Å². The monoisotopic (exact) mass is 264 g/mol. The van der Waals surface area contributed by atoms with Crippen LogP contribution in [0.1, 0.15) is 52.4 Å². The van der Waals surface area contributed by atoms with Gasteiger partial charge in [0.25, 0.3) is 0 Å². The van der Waals surface area contributed by atoms with Crippen molar-refractivity contribution in [1.82, 2.24) is 0 Å². The second kappa shape index (κ2) is 5.68. The van der Waals surface area contributed by atoms with Crippen LogP contribution in [0.15, 0.2) is 12.7 Å². The molecular formula is C17H28O2. The first-order valence-corrected chi connectivity index (χ1v) is 7.69. The van der Waals surface area contributed by atoms with Gasteiger partial charge in [0.1, 0.15) is 0 Å². The van der Waals surface area contributed by atoms with E-state index in [2.05, 4.69) is 25.2 Å². The van der Waals surface area contributed by atoms with Crippen LogP contribution in [0, 0.1) is 29.1 Å². The van der Waals surface area contributed by atoms with Gasteiger partial charge in [0.05, 0.1) is 7.11 Å². The third-order valence-electron chi connectivity index (χ3n) is 5.68. The summed E-state index contributed by atoms with van der Waals surface area (Å²) in [4.78, 5) is 9.84. The summed E-state index contributed by atoms with van der Waals surface area (Å²) in [5, 5.41) is 0. The van der Waals surface area contributed by atoms with Crippen LogP contribution in [0.25, 0.3) is 0 Å². The number of methoxy groups -OCH3 is 1. The van der Waals surface area contributed by atoms with Gasteiger partial charge in [-0.2, -0.15) is 0 Å². The number of hydrogen-bond acceptors (Lipinski definition) is 2. The topological polar surface area (TPSA) is 26.3 Å². The summed E-state index contributed by atoms with van der Waals surface area (Å²) < 4.78 is 4.14. The molecule has 19 heavy (non-hydrogen) atoms. The molecule has 2 heteroatoms. The predicted molar refractivity (Wildman–Crippen MR) is 77.7 cm³/mol. The van der Waals surface area contributed by atoms with Gasteiger partial charge in [-0.05, 0) is 67.6 Å². The van der Waals surface area contributed by atoms with Gasteiger partial charge >= 0.3 is 5.97 Å². The normalized spacial score (nSPS) is 38.6. The van der Waals surface area contributed by atoms with Crippen LogP contribution in [0.2, 0.25) is 0 Å². The van der Waals surface area contributed by atoms with Crippen molar-refractivity contribution in [2.24, 2.45) is 29.1 Å². The number of hydrogen-bond donors (Lipinski definition) is 0. The highest BCUT2D eigenvalue weighted by Crippen LogP contribution is 2.62. The molecule has 4 aliphatic carbocycles. The Morgan fingerprint density at radius 2 is 1.58 bits per heavy atom. The third-order valence-corrected chi connectivity index (χ3v) is 5.68. The molecule has 0 saturated heterocycles. The van der Waals surface area contributed by atoms with E-state index in [1.54, 1.807) is 38.5 Å². The minimum absolute atomic E-state index is 0.394. The van der Waals surface area contributed by atoms with E-state index in [-0.39, 0.29) is 0 Å². The molecular weight excluding hydrogens is 236 g/mol. The fraction of sp³-hybridized carbons (Fsp3) is 0.824. The molecule has 4 saturated carbocycles. The molecule has 4 rings (SSSR count). The molecule has 0 unspecified atom stereocenters. The lowest BCUT2D eigenvalue weighted by Gasteiger charge is -2.58. The summed E-state index contributed by atoms with van der Waals surface area (Å²) in [5.41, 5.74) is 0.800. The highest BCUT2D eigenvalue weighted by Gasteiger charge is 2.51. The van der Waals surface area contributed by atoms with Crippen LogP contribution in [-0.2, 0) is 9.53 Å². The Kier molecular flexibility index (Phi) is 4.37. The minimum Gasteiger partial charge on any atom is -0.466 e. The second-order valence-corrected chi connectivity index (χ2v) is 7.16. The summed E-state index contributed by atoms with van der Waals surface area (Å²) in [5.74, 6) is 3.95. The van der Waals surface area contributed by atoms with E-state index in [0.29, 0.717) is 0 Å². The smallest absolute Gasteiger partial charge is 0.329 e. The summed E-state index contributed by atoms with van der Waals surface area (Å²) in [7, 11) is 1.31. The molecule has 2 nitrogen and oxygen atoms in total. The summed E-state index contributed by atoms with van der Waals surface area (Å²) in [6.45, 7) is 8.09. The van der Waals surface area contributed by atoms with Crippen LogP contribution >= 0.6 is 0 Å². The van der Waals surface area contributed by atoms with Gasteiger partial charge in [-0.25, -0.2) is 4.79 Å². The zero-order valence-corrected chi connectivity index (χ0v) is 12.7. The first-order chi connectivity index (χ1) is 8.99. The number of rotatable bonds is 2. The van der Waals surface area contributed by atoms with Crippen molar-refractivity contribution in [3.8, 4) is 0 Å². The molecule has 0 aromatic heterocycles. The van der Waals surface area contributed by atoms with Gasteiger partial charge in [0.15, 0.2) is 0 Å². The maximum atomic E-state index is 9.84. The predicted octanol–water partition coefficient (Wildman–Crippen LogP) is 4.20. The first-order valence-electron chi connectivity index (χ1n) is 7.69. The second-order valence-electron chi connectivity index (χ2n) is 7.16. The summed E-state index contributed by atoms with van der Waals surface area (Å²) in [6.07, 6.45) is 10.6. The van der Waals surface area contributed by atoms with Crippen molar-refractivity contribution in [2.75, 3.05) is 7.11 Å². The molecule has 0 spiro atoms. The molecule has 0 heterocycles. The SMILES string of the molecule is C=CC(=O)OC.CC(C)C12CC3CC(CC(C3)C1)C2. The molecule has 0 aromatic carbocycles. The zero-order chi connectivity index (χ0) is 14.0. The summed E-state index contributed by atoms with van der Waals surface area (Å²) >= 11 is 0. The van der Waals surface area contributed by atoms with Crippen molar-refractivity contribution in [2.45, 2.75) is 52.4 Å². The van der Waals surface area contributed by atoms with E-state index in [4.69, 9.17) is 0 Å². The average molecular weight is 264 g/mol. The Balaban J connectivity index is 0.000000192. The van der Waals surface area contributed by atoms with Crippen LogP contribution in [0.4, 0.5) is 0 Å². The molecule has 4 fully saturated rings. The Bertz CT molecular complexity index is 308. The zero-order valence-electron chi connectivity index (χ0n) is 12.7.